The molecule has 0 spiro atoms. The fourth-order valence-corrected chi connectivity index (χ4v) is 2.35. The predicted molar refractivity (Wildman–Crippen MR) is 80.8 cm³/mol. The topological polar surface area (TPSA) is 99.2 Å². The lowest BCUT2D eigenvalue weighted by molar-refractivity contribution is 0.0880. The van der Waals surface area contributed by atoms with E-state index in [1.54, 1.807) is 34.7 Å². The Morgan fingerprint density at radius 3 is 2.91 bits per heavy atom. The number of hydrogen-bond acceptors (Lipinski definition) is 6. The zero-order chi connectivity index (χ0) is 16.4. The summed E-state index contributed by atoms with van der Waals surface area (Å²) in [6.45, 7) is 2.17. The van der Waals surface area contributed by atoms with Gasteiger partial charge in [0.2, 0.25) is 5.82 Å². The molecule has 0 aliphatic rings. The van der Waals surface area contributed by atoms with Crippen molar-refractivity contribution in [3.63, 3.8) is 0 Å². The SMILES string of the molecule is COCC(NC(=O)c1nnc2nc(C)ccn12)c1ccnn1C. The fraction of sp³-hybridized carbons (Fsp3) is 0.357. The predicted octanol–water partition coefficient (Wildman–Crippen LogP) is 0.284. The van der Waals surface area contributed by atoms with Gasteiger partial charge in [-0.25, -0.2) is 4.98 Å². The maximum atomic E-state index is 12.5. The molecule has 9 heteroatoms. The molecule has 0 saturated heterocycles. The second-order valence-electron chi connectivity index (χ2n) is 5.12. The Kier molecular flexibility index (Phi) is 4.02. The van der Waals surface area contributed by atoms with Gasteiger partial charge < -0.3 is 10.1 Å². The van der Waals surface area contributed by atoms with Crippen LogP contribution < -0.4 is 5.32 Å². The van der Waals surface area contributed by atoms with E-state index in [1.807, 2.05) is 20.0 Å². The Hall–Kier alpha value is -2.81. The lowest BCUT2D eigenvalue weighted by Gasteiger charge is -2.17. The number of aromatic nitrogens is 6. The smallest absolute Gasteiger partial charge is 0.290 e. The summed E-state index contributed by atoms with van der Waals surface area (Å²) in [4.78, 5) is 16.8. The van der Waals surface area contributed by atoms with Gasteiger partial charge in [-0.1, -0.05) is 0 Å². The molecule has 3 rings (SSSR count). The lowest BCUT2D eigenvalue weighted by Crippen LogP contribution is -2.33. The molecule has 3 aromatic rings. The van der Waals surface area contributed by atoms with E-state index in [0.717, 1.165) is 11.4 Å². The molecule has 23 heavy (non-hydrogen) atoms. The summed E-state index contributed by atoms with van der Waals surface area (Å²) < 4.78 is 8.44. The fourth-order valence-electron chi connectivity index (χ4n) is 2.35. The molecular formula is C14H17N7O2. The van der Waals surface area contributed by atoms with Gasteiger partial charge in [0, 0.05) is 32.2 Å². The number of rotatable bonds is 5. The standard InChI is InChI=1S/C14H17N7O2/c1-9-5-7-21-12(18-19-14(21)16-9)13(22)17-10(8-23-3)11-4-6-15-20(11)2/h4-7,10H,8H2,1-3H3,(H,17,22). The van der Waals surface area contributed by atoms with E-state index in [-0.39, 0.29) is 17.8 Å². The summed E-state index contributed by atoms with van der Waals surface area (Å²) in [5.74, 6) is 0.209. The van der Waals surface area contributed by atoms with Crippen LogP contribution in [0, 0.1) is 6.92 Å². The minimum atomic E-state index is -0.355. The number of carbonyl (C=O) groups excluding carboxylic acids is 1. The second-order valence-corrected chi connectivity index (χ2v) is 5.12. The van der Waals surface area contributed by atoms with E-state index in [0.29, 0.717) is 12.4 Å². The molecule has 0 saturated carbocycles. The summed E-state index contributed by atoms with van der Waals surface area (Å²) in [6.07, 6.45) is 3.39. The van der Waals surface area contributed by atoms with E-state index in [9.17, 15) is 4.79 Å². The van der Waals surface area contributed by atoms with Crippen LogP contribution in [0.2, 0.25) is 0 Å². The summed E-state index contributed by atoms with van der Waals surface area (Å²) in [5, 5.41) is 14.9. The van der Waals surface area contributed by atoms with Crippen molar-refractivity contribution in [3.05, 3.63) is 41.7 Å². The number of aryl methyl sites for hydroxylation is 2. The van der Waals surface area contributed by atoms with E-state index >= 15 is 0 Å². The van der Waals surface area contributed by atoms with Crippen LogP contribution in [0.25, 0.3) is 5.78 Å². The Morgan fingerprint density at radius 2 is 2.22 bits per heavy atom. The molecule has 0 fully saturated rings. The Bertz CT molecular complexity index is 839. The van der Waals surface area contributed by atoms with E-state index < -0.39 is 0 Å². The summed E-state index contributed by atoms with van der Waals surface area (Å²) in [7, 11) is 3.39. The average Bonchev–Trinajstić information content (AvgIpc) is 3.12. The van der Waals surface area contributed by atoms with Crippen molar-refractivity contribution in [2.45, 2.75) is 13.0 Å². The van der Waals surface area contributed by atoms with Gasteiger partial charge in [0.05, 0.1) is 18.3 Å². The van der Waals surface area contributed by atoms with Crippen LogP contribution >= 0.6 is 0 Å². The number of amides is 1. The summed E-state index contributed by atoms with van der Waals surface area (Å²) in [5.41, 5.74) is 1.65. The third-order valence-electron chi connectivity index (χ3n) is 3.48. The van der Waals surface area contributed by atoms with Crippen molar-refractivity contribution in [2.24, 2.45) is 7.05 Å². The summed E-state index contributed by atoms with van der Waals surface area (Å²) in [6, 6.07) is 3.28. The van der Waals surface area contributed by atoms with Gasteiger partial charge in [-0.3, -0.25) is 13.9 Å². The van der Waals surface area contributed by atoms with Crippen LogP contribution in [0.5, 0.6) is 0 Å². The first kappa shape index (κ1) is 15.1. The molecule has 1 amide bonds. The molecule has 3 heterocycles. The molecule has 3 aromatic heterocycles. The van der Waals surface area contributed by atoms with Crippen LogP contribution in [-0.2, 0) is 11.8 Å². The first-order chi connectivity index (χ1) is 11.1. The van der Waals surface area contributed by atoms with E-state index in [1.165, 1.54) is 0 Å². The molecule has 9 nitrogen and oxygen atoms in total. The number of nitrogens with one attached hydrogen (secondary N) is 1. The molecule has 1 unspecified atom stereocenters. The minimum absolute atomic E-state index is 0.177. The van der Waals surface area contributed by atoms with Crippen LogP contribution in [0.4, 0.5) is 0 Å². The molecule has 1 atom stereocenters. The Labute approximate surface area is 132 Å². The first-order valence-corrected chi connectivity index (χ1v) is 7.06. The molecule has 0 aromatic carbocycles. The Morgan fingerprint density at radius 1 is 1.39 bits per heavy atom. The molecular weight excluding hydrogens is 298 g/mol. The lowest BCUT2D eigenvalue weighted by atomic mass is 10.2. The van der Waals surface area contributed by atoms with Gasteiger partial charge in [0.15, 0.2) is 0 Å². The molecule has 0 aliphatic heterocycles. The molecule has 0 aliphatic carbocycles. The van der Waals surface area contributed by atoms with Crippen molar-refractivity contribution in [2.75, 3.05) is 13.7 Å². The largest absolute Gasteiger partial charge is 0.382 e. The zero-order valence-corrected chi connectivity index (χ0v) is 13.1. The van der Waals surface area contributed by atoms with Crippen LogP contribution in [0.1, 0.15) is 28.0 Å². The van der Waals surface area contributed by atoms with E-state index in [2.05, 4.69) is 25.6 Å². The first-order valence-electron chi connectivity index (χ1n) is 7.06. The van der Waals surface area contributed by atoms with Crippen LogP contribution in [-0.4, -0.2) is 49.0 Å². The van der Waals surface area contributed by atoms with Gasteiger partial charge in [0.1, 0.15) is 0 Å². The van der Waals surface area contributed by atoms with E-state index in [4.69, 9.17) is 4.74 Å². The van der Waals surface area contributed by atoms with Gasteiger partial charge in [0.25, 0.3) is 11.7 Å². The van der Waals surface area contributed by atoms with Gasteiger partial charge in [-0.15, -0.1) is 10.2 Å². The number of methoxy groups -OCH3 is 1. The van der Waals surface area contributed by atoms with Gasteiger partial charge >= 0.3 is 0 Å². The molecule has 0 radical (unpaired) electrons. The van der Waals surface area contributed by atoms with Crippen molar-refractivity contribution in [1.82, 2.24) is 34.7 Å². The third kappa shape index (κ3) is 2.90. The molecule has 120 valence electrons. The number of ether oxygens (including phenoxy) is 1. The zero-order valence-electron chi connectivity index (χ0n) is 13.1. The van der Waals surface area contributed by atoms with Crippen molar-refractivity contribution < 1.29 is 9.53 Å². The summed E-state index contributed by atoms with van der Waals surface area (Å²) >= 11 is 0. The van der Waals surface area contributed by atoms with Crippen molar-refractivity contribution in [3.8, 4) is 0 Å². The molecule has 1 N–H and O–H groups in total. The number of nitrogens with zero attached hydrogens (tertiary/aromatic N) is 6. The van der Waals surface area contributed by atoms with Crippen LogP contribution in [0.3, 0.4) is 0 Å². The number of fused-ring (bicyclic) bond motifs is 1. The average molecular weight is 315 g/mol. The van der Waals surface area contributed by atoms with Gasteiger partial charge in [-0.2, -0.15) is 5.10 Å². The third-order valence-corrected chi connectivity index (χ3v) is 3.48. The van der Waals surface area contributed by atoms with Gasteiger partial charge in [-0.05, 0) is 19.1 Å². The maximum absolute atomic E-state index is 12.5. The number of carbonyl (C=O) groups is 1. The van der Waals surface area contributed by atoms with Crippen molar-refractivity contribution in [1.29, 1.82) is 0 Å². The highest BCUT2D eigenvalue weighted by atomic mass is 16.5. The monoisotopic (exact) mass is 315 g/mol. The highest BCUT2D eigenvalue weighted by molar-refractivity contribution is 5.91. The second kappa shape index (κ2) is 6.13. The van der Waals surface area contributed by atoms with Crippen molar-refractivity contribution >= 4 is 11.7 Å². The minimum Gasteiger partial charge on any atom is -0.382 e. The quantitative estimate of drug-likeness (QED) is 0.726. The maximum Gasteiger partial charge on any atom is 0.290 e. The normalized spacial score (nSPS) is 12.5. The highest BCUT2D eigenvalue weighted by Crippen LogP contribution is 2.13. The molecule has 0 bridgehead atoms. The highest BCUT2D eigenvalue weighted by Gasteiger charge is 2.22. The Balaban J connectivity index is 1.87. The number of hydrogen-bond donors (Lipinski definition) is 1. The van der Waals surface area contributed by atoms with Crippen LogP contribution in [0.15, 0.2) is 24.5 Å².